The second kappa shape index (κ2) is 6.02. The Morgan fingerprint density at radius 2 is 1.50 bits per heavy atom. The van der Waals surface area contributed by atoms with Crippen LogP contribution in [-0.2, 0) is 4.74 Å². The van der Waals surface area contributed by atoms with E-state index in [1.54, 1.807) is 6.92 Å². The molecule has 0 amide bonds. The molecule has 2 aromatic carbocycles. The van der Waals surface area contributed by atoms with Gasteiger partial charge in [-0.25, -0.2) is 4.79 Å². The Bertz CT molecular complexity index is 602. The van der Waals surface area contributed by atoms with Gasteiger partial charge in [0.05, 0.1) is 11.5 Å². The molecule has 1 unspecified atom stereocenters. The zero-order valence-electron chi connectivity index (χ0n) is 10.9. The minimum absolute atomic E-state index is 0.0256. The molecule has 0 heterocycles. The summed E-state index contributed by atoms with van der Waals surface area (Å²) in [6.45, 7) is 1.78. The monoisotopic (exact) mass is 269 g/mol. The molecule has 0 bridgehead atoms. The van der Waals surface area contributed by atoms with Crippen LogP contribution in [0.15, 0.2) is 54.6 Å². The number of aromatic carboxylic acids is 1. The first-order chi connectivity index (χ1) is 9.58. The van der Waals surface area contributed by atoms with E-state index in [4.69, 9.17) is 4.74 Å². The topological polar surface area (TPSA) is 66.4 Å². The van der Waals surface area contributed by atoms with Crippen LogP contribution in [0.25, 0.3) is 0 Å². The Kier molecular flexibility index (Phi) is 4.15. The highest BCUT2D eigenvalue weighted by Crippen LogP contribution is 2.18. The zero-order valence-corrected chi connectivity index (χ0v) is 10.9. The van der Waals surface area contributed by atoms with Crippen molar-refractivity contribution in [3.8, 4) is 0 Å². The smallest absolute Gasteiger partial charge is 0.338 e. The molecule has 4 heteroatoms. The lowest BCUT2D eigenvalue weighted by Gasteiger charge is -2.13. The third-order valence-electron chi connectivity index (χ3n) is 2.91. The van der Waals surface area contributed by atoms with Crippen molar-refractivity contribution in [3.05, 3.63) is 71.3 Å². The van der Waals surface area contributed by atoms with Gasteiger partial charge in [-0.15, -0.1) is 0 Å². The fraction of sp³-hybridized carbons (Fsp3) is 0.125. The Hall–Kier alpha value is -2.62. The molecule has 2 aromatic rings. The number of hydrogen-bond donors (Lipinski definition) is 0. The molecule has 0 aromatic heterocycles. The summed E-state index contributed by atoms with van der Waals surface area (Å²) in [4.78, 5) is 22.5. The SMILES string of the molecule is CC(OC(=O)c1ccc(C(=O)[O-])cc1)c1ccccc1. The number of ether oxygens (including phenoxy) is 1. The van der Waals surface area contributed by atoms with Crippen molar-refractivity contribution in [2.45, 2.75) is 13.0 Å². The number of carboxylic acids is 1. The van der Waals surface area contributed by atoms with E-state index >= 15 is 0 Å². The maximum atomic E-state index is 11.9. The van der Waals surface area contributed by atoms with Crippen molar-refractivity contribution in [2.24, 2.45) is 0 Å². The standard InChI is InChI=1S/C16H14O4/c1-11(12-5-3-2-4-6-12)20-16(19)14-9-7-13(8-10-14)15(17)18/h2-11H,1H3,(H,17,18)/p-1. The highest BCUT2D eigenvalue weighted by molar-refractivity contribution is 5.92. The molecule has 0 saturated carbocycles. The summed E-state index contributed by atoms with van der Waals surface area (Å²) in [5.74, 6) is -1.77. The average Bonchev–Trinajstić information content (AvgIpc) is 2.48. The molecule has 0 spiro atoms. The minimum Gasteiger partial charge on any atom is -0.545 e. The predicted molar refractivity (Wildman–Crippen MR) is 71.0 cm³/mol. The van der Waals surface area contributed by atoms with Crippen molar-refractivity contribution in [3.63, 3.8) is 0 Å². The first kappa shape index (κ1) is 13.8. The molecule has 0 aliphatic heterocycles. The van der Waals surface area contributed by atoms with E-state index in [1.807, 2.05) is 30.3 Å². The quantitative estimate of drug-likeness (QED) is 0.796. The maximum absolute atomic E-state index is 11.9. The molecule has 102 valence electrons. The fourth-order valence-electron chi connectivity index (χ4n) is 1.76. The van der Waals surface area contributed by atoms with Gasteiger partial charge in [0.15, 0.2) is 0 Å². The van der Waals surface area contributed by atoms with E-state index < -0.39 is 11.9 Å². The molecular formula is C16H13O4-. The first-order valence-corrected chi connectivity index (χ1v) is 6.15. The van der Waals surface area contributed by atoms with Crippen molar-refractivity contribution >= 4 is 11.9 Å². The number of carbonyl (C=O) groups is 2. The highest BCUT2D eigenvalue weighted by Gasteiger charge is 2.13. The van der Waals surface area contributed by atoms with Crippen LogP contribution in [0.1, 0.15) is 39.3 Å². The molecule has 0 aliphatic rings. The van der Waals surface area contributed by atoms with Gasteiger partial charge in [-0.2, -0.15) is 0 Å². The normalized spacial score (nSPS) is 11.7. The van der Waals surface area contributed by atoms with Crippen molar-refractivity contribution in [2.75, 3.05) is 0 Å². The van der Waals surface area contributed by atoms with Gasteiger partial charge in [0, 0.05) is 0 Å². The van der Waals surface area contributed by atoms with E-state index in [1.165, 1.54) is 24.3 Å². The second-order valence-corrected chi connectivity index (χ2v) is 4.32. The lowest BCUT2D eigenvalue weighted by Crippen LogP contribution is -2.22. The molecule has 0 radical (unpaired) electrons. The van der Waals surface area contributed by atoms with Gasteiger partial charge in [0.25, 0.3) is 0 Å². The van der Waals surface area contributed by atoms with Crippen molar-refractivity contribution in [1.82, 2.24) is 0 Å². The van der Waals surface area contributed by atoms with Crippen molar-refractivity contribution < 1.29 is 19.4 Å². The van der Waals surface area contributed by atoms with E-state index in [-0.39, 0.29) is 11.7 Å². The number of rotatable bonds is 4. The van der Waals surface area contributed by atoms with Gasteiger partial charge in [0.2, 0.25) is 0 Å². The summed E-state index contributed by atoms with van der Waals surface area (Å²) in [7, 11) is 0. The van der Waals surface area contributed by atoms with Crippen LogP contribution in [-0.4, -0.2) is 11.9 Å². The van der Waals surface area contributed by atoms with Crippen LogP contribution in [0.4, 0.5) is 0 Å². The number of carbonyl (C=O) groups excluding carboxylic acids is 2. The lowest BCUT2D eigenvalue weighted by atomic mass is 10.1. The van der Waals surface area contributed by atoms with Crippen LogP contribution in [0.2, 0.25) is 0 Å². The third-order valence-corrected chi connectivity index (χ3v) is 2.91. The molecule has 0 fully saturated rings. The predicted octanol–water partition coefficient (Wildman–Crippen LogP) is 1.97. The summed E-state index contributed by atoms with van der Waals surface area (Å²) in [6, 6.07) is 14.8. The van der Waals surface area contributed by atoms with Crippen LogP contribution >= 0.6 is 0 Å². The van der Waals surface area contributed by atoms with E-state index in [2.05, 4.69) is 0 Å². The van der Waals surface area contributed by atoms with E-state index in [9.17, 15) is 14.7 Å². The first-order valence-electron chi connectivity index (χ1n) is 6.15. The summed E-state index contributed by atoms with van der Waals surface area (Å²) in [5.41, 5.74) is 1.22. The molecule has 0 N–H and O–H groups in total. The Balaban J connectivity index is 2.06. The van der Waals surface area contributed by atoms with Gasteiger partial charge >= 0.3 is 5.97 Å². The minimum atomic E-state index is -1.28. The number of benzene rings is 2. The molecule has 2 rings (SSSR count). The maximum Gasteiger partial charge on any atom is 0.338 e. The zero-order chi connectivity index (χ0) is 14.5. The van der Waals surface area contributed by atoms with Crippen LogP contribution in [0.5, 0.6) is 0 Å². The average molecular weight is 269 g/mol. The van der Waals surface area contributed by atoms with E-state index in [0.717, 1.165) is 5.56 Å². The third kappa shape index (κ3) is 3.23. The van der Waals surface area contributed by atoms with Crippen LogP contribution in [0, 0.1) is 0 Å². The summed E-state index contributed by atoms with van der Waals surface area (Å²) >= 11 is 0. The molecule has 1 atom stereocenters. The Morgan fingerprint density at radius 3 is 2.05 bits per heavy atom. The van der Waals surface area contributed by atoms with Gasteiger partial charge in [-0.3, -0.25) is 0 Å². The second-order valence-electron chi connectivity index (χ2n) is 4.32. The van der Waals surface area contributed by atoms with Crippen LogP contribution < -0.4 is 5.11 Å². The largest absolute Gasteiger partial charge is 0.545 e. The molecular weight excluding hydrogens is 256 g/mol. The van der Waals surface area contributed by atoms with Gasteiger partial charge in [-0.05, 0) is 30.2 Å². The van der Waals surface area contributed by atoms with Crippen LogP contribution in [0.3, 0.4) is 0 Å². The number of hydrogen-bond acceptors (Lipinski definition) is 4. The Morgan fingerprint density at radius 1 is 0.950 bits per heavy atom. The van der Waals surface area contributed by atoms with Gasteiger partial charge in [-0.1, -0.05) is 42.5 Å². The number of esters is 1. The molecule has 4 nitrogen and oxygen atoms in total. The fourth-order valence-corrected chi connectivity index (χ4v) is 1.76. The number of carboxylic acid groups (broad SMARTS) is 1. The summed E-state index contributed by atoms with van der Waals surface area (Å²) in [6.07, 6.45) is -0.371. The molecule has 0 aliphatic carbocycles. The Labute approximate surface area is 116 Å². The van der Waals surface area contributed by atoms with Gasteiger partial charge < -0.3 is 14.6 Å². The summed E-state index contributed by atoms with van der Waals surface area (Å²) in [5, 5.41) is 10.6. The molecule has 20 heavy (non-hydrogen) atoms. The molecule has 0 saturated heterocycles. The van der Waals surface area contributed by atoms with Gasteiger partial charge in [0.1, 0.15) is 6.10 Å². The lowest BCUT2D eigenvalue weighted by molar-refractivity contribution is -0.255. The highest BCUT2D eigenvalue weighted by atomic mass is 16.5. The van der Waals surface area contributed by atoms with Crippen molar-refractivity contribution in [1.29, 1.82) is 0 Å². The van der Waals surface area contributed by atoms with E-state index in [0.29, 0.717) is 5.56 Å². The summed E-state index contributed by atoms with van der Waals surface area (Å²) < 4.78 is 5.32.